The van der Waals surface area contributed by atoms with Gasteiger partial charge in [0.25, 0.3) is 0 Å². The second kappa shape index (κ2) is 6.63. The van der Waals surface area contributed by atoms with Crippen molar-refractivity contribution in [1.82, 2.24) is 4.98 Å². The number of H-pyrrole nitrogens is 1. The van der Waals surface area contributed by atoms with Crippen molar-refractivity contribution in [3.05, 3.63) is 47.5 Å². The van der Waals surface area contributed by atoms with Gasteiger partial charge in [-0.3, -0.25) is 0 Å². The van der Waals surface area contributed by atoms with E-state index >= 15 is 0 Å². The molecule has 0 amide bonds. The number of fused-ring (bicyclic) bond motifs is 5. The van der Waals surface area contributed by atoms with Gasteiger partial charge in [0.15, 0.2) is 0 Å². The van der Waals surface area contributed by atoms with E-state index < -0.39 is 0 Å². The van der Waals surface area contributed by atoms with Crippen LogP contribution in [0.3, 0.4) is 0 Å². The van der Waals surface area contributed by atoms with Gasteiger partial charge in [0.2, 0.25) is 0 Å². The van der Waals surface area contributed by atoms with E-state index in [1.807, 2.05) is 24.3 Å². The van der Waals surface area contributed by atoms with E-state index in [9.17, 15) is 9.59 Å². The van der Waals surface area contributed by atoms with Crippen LogP contribution in [-0.4, -0.2) is 44.6 Å². The van der Waals surface area contributed by atoms with Crippen molar-refractivity contribution in [2.24, 2.45) is 0 Å². The summed E-state index contributed by atoms with van der Waals surface area (Å²) in [5.74, 6) is -0.597. The van der Waals surface area contributed by atoms with Gasteiger partial charge in [-0.25, -0.2) is 0 Å². The minimum atomic E-state index is -0.311. The van der Waals surface area contributed by atoms with Crippen molar-refractivity contribution in [2.75, 3.05) is 13.2 Å². The average Bonchev–Trinajstić information content (AvgIpc) is 3.16. The average molecular weight is 414 g/mol. The Morgan fingerprint density at radius 1 is 0.923 bits per heavy atom. The topological polar surface area (TPSA) is 68.4 Å². The molecule has 4 rings (SSSR count). The summed E-state index contributed by atoms with van der Waals surface area (Å²) in [4.78, 5) is 27.3. The molecule has 0 aliphatic heterocycles. The molecule has 2 aromatic carbocycles. The van der Waals surface area contributed by atoms with Crippen LogP contribution in [0.25, 0.3) is 30.3 Å². The van der Waals surface area contributed by atoms with Crippen LogP contribution >= 0.6 is 0 Å². The predicted molar refractivity (Wildman–Crippen MR) is 102 cm³/mol. The monoisotopic (exact) mass is 415 g/mol. The molecule has 0 bridgehead atoms. The molecule has 0 saturated heterocycles. The molecule has 5 nitrogen and oxygen atoms in total. The maximum atomic E-state index is 12.0. The molecule has 0 atom stereocenters. The fourth-order valence-corrected chi connectivity index (χ4v) is 5.67. The van der Waals surface area contributed by atoms with Crippen LogP contribution in [-0.2, 0) is 9.47 Å². The van der Waals surface area contributed by atoms with Crippen molar-refractivity contribution in [2.45, 2.75) is 13.8 Å². The molecule has 0 aliphatic carbocycles. The Morgan fingerprint density at radius 3 is 2.19 bits per heavy atom. The third kappa shape index (κ3) is 2.71. The summed E-state index contributed by atoms with van der Waals surface area (Å²) < 4.78 is 12.6. The minimum absolute atomic E-state index is 0.0941. The number of benzene rings is 2. The van der Waals surface area contributed by atoms with E-state index in [1.54, 1.807) is 26.0 Å². The Balaban J connectivity index is 1.83. The molecule has 0 radical (unpaired) electrons. The number of esters is 2. The molecule has 2 aromatic heterocycles. The van der Waals surface area contributed by atoms with Crippen molar-refractivity contribution < 1.29 is 19.1 Å². The molecule has 26 heavy (non-hydrogen) atoms. The van der Waals surface area contributed by atoms with Gasteiger partial charge in [0.1, 0.15) is 0 Å². The molecule has 0 aliphatic rings. The number of carbonyl (C=O) groups excluding carboxylic acids is 2. The van der Waals surface area contributed by atoms with Crippen LogP contribution in [0, 0.1) is 0 Å². The van der Waals surface area contributed by atoms with Gasteiger partial charge in [-0.05, 0) is 0 Å². The van der Waals surface area contributed by atoms with Gasteiger partial charge in [-0.2, -0.15) is 0 Å². The molecular formula is C20H17NO4Se. The second-order valence-corrected chi connectivity index (χ2v) is 8.05. The van der Waals surface area contributed by atoms with Crippen LogP contribution in [0.5, 0.6) is 0 Å². The van der Waals surface area contributed by atoms with Crippen LogP contribution in [0.4, 0.5) is 0 Å². The molecule has 0 fully saturated rings. The molecule has 0 spiro atoms. The van der Waals surface area contributed by atoms with E-state index in [1.165, 1.54) is 8.52 Å². The normalized spacial score (nSPS) is 11.3. The van der Waals surface area contributed by atoms with E-state index in [-0.39, 0.29) is 26.4 Å². The first-order chi connectivity index (χ1) is 12.6. The molecule has 2 heterocycles. The zero-order chi connectivity index (χ0) is 18.3. The molecule has 6 heteroatoms. The number of hydrogen-bond acceptors (Lipinski definition) is 4. The Labute approximate surface area is 155 Å². The third-order valence-electron chi connectivity index (χ3n) is 4.24. The standard InChI is InChI=1S/C20H17NO4Se/c1-3-24-19(22)11-5-7-13-15(9-11)21-17-14-8-6-12(20(23)25-4-2)10-16(14)26-18(13)17/h5-10,21H,3-4H2,1-2H3. The van der Waals surface area contributed by atoms with Crippen molar-refractivity contribution in [1.29, 1.82) is 0 Å². The van der Waals surface area contributed by atoms with Crippen molar-refractivity contribution >= 4 is 56.8 Å². The Bertz CT molecular complexity index is 1060. The first-order valence-electron chi connectivity index (χ1n) is 8.44. The Morgan fingerprint density at radius 2 is 1.54 bits per heavy atom. The summed E-state index contributed by atoms with van der Waals surface area (Å²) in [6, 6.07) is 11.3. The molecule has 4 aromatic rings. The quantitative estimate of drug-likeness (QED) is 0.407. The van der Waals surface area contributed by atoms with Crippen molar-refractivity contribution in [3.8, 4) is 0 Å². The second-order valence-electron chi connectivity index (χ2n) is 5.84. The fourth-order valence-electron chi connectivity index (χ4n) is 3.07. The summed E-state index contributed by atoms with van der Waals surface area (Å²) in [6.07, 6.45) is 0. The van der Waals surface area contributed by atoms with Gasteiger partial charge in [-0.1, -0.05) is 0 Å². The van der Waals surface area contributed by atoms with E-state index in [4.69, 9.17) is 9.47 Å². The zero-order valence-electron chi connectivity index (χ0n) is 14.4. The maximum absolute atomic E-state index is 12.0. The summed E-state index contributed by atoms with van der Waals surface area (Å²) in [6.45, 7) is 4.32. The number of nitrogens with one attached hydrogen (secondary N) is 1. The Hall–Kier alpha value is -2.56. The number of carbonyl (C=O) groups is 2. The number of ether oxygens (including phenoxy) is 2. The van der Waals surface area contributed by atoms with Gasteiger partial charge in [0.05, 0.1) is 0 Å². The molecular weight excluding hydrogens is 397 g/mol. The number of aromatic amines is 1. The van der Waals surface area contributed by atoms with E-state index in [2.05, 4.69) is 4.98 Å². The third-order valence-corrected chi connectivity index (χ3v) is 6.72. The SMILES string of the molecule is CCOC(=O)c1ccc2c(c1)[nH]c1c3ccc(C(=O)OCC)cc3[se]c21. The van der Waals surface area contributed by atoms with Crippen molar-refractivity contribution in [3.63, 3.8) is 0 Å². The zero-order valence-corrected chi connectivity index (χ0v) is 16.1. The van der Waals surface area contributed by atoms with E-state index in [0.717, 1.165) is 21.8 Å². The summed E-state index contributed by atoms with van der Waals surface area (Å²) in [7, 11) is 0. The van der Waals surface area contributed by atoms with Gasteiger partial charge in [0, 0.05) is 0 Å². The first kappa shape index (κ1) is 16.9. The van der Waals surface area contributed by atoms with Crippen LogP contribution in [0.2, 0.25) is 0 Å². The predicted octanol–water partition coefficient (Wildman–Crippen LogP) is 3.88. The number of aromatic nitrogens is 1. The van der Waals surface area contributed by atoms with Gasteiger partial charge < -0.3 is 0 Å². The number of rotatable bonds is 4. The van der Waals surface area contributed by atoms with E-state index in [0.29, 0.717) is 24.3 Å². The summed E-state index contributed by atoms with van der Waals surface area (Å²) >= 11 is 0.0941. The Kier molecular flexibility index (Phi) is 4.31. The summed E-state index contributed by atoms with van der Waals surface area (Å²) in [5, 5.41) is 2.23. The molecule has 132 valence electrons. The van der Waals surface area contributed by atoms with Crippen LogP contribution in [0.15, 0.2) is 36.4 Å². The summed E-state index contributed by atoms with van der Waals surface area (Å²) in [5.41, 5.74) is 3.14. The molecule has 0 saturated carbocycles. The van der Waals surface area contributed by atoms with Crippen LogP contribution < -0.4 is 0 Å². The van der Waals surface area contributed by atoms with Gasteiger partial charge >= 0.3 is 155 Å². The molecule has 0 unspecified atom stereocenters. The fraction of sp³-hybridized carbons (Fsp3) is 0.200. The van der Waals surface area contributed by atoms with Gasteiger partial charge in [-0.15, -0.1) is 0 Å². The number of hydrogen-bond donors (Lipinski definition) is 1. The first-order valence-corrected chi connectivity index (χ1v) is 10.2. The molecule has 1 N–H and O–H groups in total. The van der Waals surface area contributed by atoms with Crippen LogP contribution in [0.1, 0.15) is 34.6 Å².